The van der Waals surface area contributed by atoms with E-state index < -0.39 is 12.5 Å². The summed E-state index contributed by atoms with van der Waals surface area (Å²) in [7, 11) is 3.75. The monoisotopic (exact) mass is 178 g/mol. The number of alkyl halides is 2. The second-order valence-electron chi connectivity index (χ2n) is 3.61. The van der Waals surface area contributed by atoms with Crippen molar-refractivity contribution >= 4 is 0 Å². The molecular formula is C8H16F2N2. The lowest BCUT2D eigenvalue weighted by molar-refractivity contribution is 0.0414. The molecule has 1 rings (SSSR count). The van der Waals surface area contributed by atoms with Crippen LogP contribution in [0.25, 0.3) is 0 Å². The molecule has 1 heterocycles. The average Bonchev–Trinajstić information content (AvgIpc) is 1.98. The Kier molecular flexibility index (Phi) is 3.40. The average molecular weight is 178 g/mol. The highest BCUT2D eigenvalue weighted by atomic mass is 19.2. The van der Waals surface area contributed by atoms with E-state index in [1.807, 2.05) is 19.0 Å². The molecule has 0 aliphatic carbocycles. The van der Waals surface area contributed by atoms with Gasteiger partial charge in [0.05, 0.1) is 0 Å². The van der Waals surface area contributed by atoms with Crippen molar-refractivity contribution in [2.24, 2.45) is 5.92 Å². The number of rotatable bonds is 2. The lowest BCUT2D eigenvalue weighted by Crippen LogP contribution is -2.47. The molecule has 0 aromatic heterocycles. The van der Waals surface area contributed by atoms with Gasteiger partial charge in [-0.2, -0.15) is 0 Å². The number of hydrogen-bond acceptors (Lipinski definition) is 2. The summed E-state index contributed by atoms with van der Waals surface area (Å²) >= 11 is 0. The number of halogens is 2. The molecule has 0 amide bonds. The minimum Gasteiger partial charge on any atom is -0.309 e. The molecule has 4 heteroatoms. The smallest absolute Gasteiger partial charge is 0.182 e. The van der Waals surface area contributed by atoms with Gasteiger partial charge >= 0.3 is 0 Å². The maximum atomic E-state index is 13.1. The van der Waals surface area contributed by atoms with E-state index in [0.29, 0.717) is 13.1 Å². The van der Waals surface area contributed by atoms with Gasteiger partial charge in [0.25, 0.3) is 0 Å². The van der Waals surface area contributed by atoms with Crippen LogP contribution in [0.15, 0.2) is 0 Å². The number of piperidine rings is 1. The standard InChI is InChI=1S/C8H16F2N2/c1-12(2)5-6-3-4-11-8(10)7(6)9/h6-8,11H,3-5H2,1-2H3. The van der Waals surface area contributed by atoms with E-state index in [-0.39, 0.29) is 5.92 Å². The molecule has 0 bridgehead atoms. The molecule has 0 saturated carbocycles. The first-order chi connectivity index (χ1) is 5.61. The number of hydrogen-bond donors (Lipinski definition) is 1. The summed E-state index contributed by atoms with van der Waals surface area (Å²) in [6, 6.07) is 0. The second kappa shape index (κ2) is 4.14. The summed E-state index contributed by atoms with van der Waals surface area (Å²) in [5.41, 5.74) is 0. The van der Waals surface area contributed by atoms with Crippen molar-refractivity contribution in [1.29, 1.82) is 0 Å². The van der Waals surface area contributed by atoms with Gasteiger partial charge in [-0.25, -0.2) is 8.78 Å². The highest BCUT2D eigenvalue weighted by Gasteiger charge is 2.33. The second-order valence-corrected chi connectivity index (χ2v) is 3.61. The van der Waals surface area contributed by atoms with Crippen LogP contribution >= 0.6 is 0 Å². The highest BCUT2D eigenvalue weighted by Crippen LogP contribution is 2.21. The van der Waals surface area contributed by atoms with Gasteiger partial charge in [-0.3, -0.25) is 5.32 Å². The Hall–Kier alpha value is -0.220. The maximum Gasteiger partial charge on any atom is 0.182 e. The summed E-state index contributed by atoms with van der Waals surface area (Å²) < 4.78 is 25.9. The van der Waals surface area contributed by atoms with Crippen molar-refractivity contribution in [2.75, 3.05) is 27.2 Å². The third-order valence-corrected chi connectivity index (χ3v) is 2.18. The van der Waals surface area contributed by atoms with E-state index in [1.165, 1.54) is 0 Å². The molecule has 12 heavy (non-hydrogen) atoms. The van der Waals surface area contributed by atoms with Gasteiger partial charge < -0.3 is 4.90 Å². The molecule has 3 unspecified atom stereocenters. The Bertz CT molecular complexity index is 141. The third-order valence-electron chi connectivity index (χ3n) is 2.18. The molecule has 1 aliphatic heterocycles. The zero-order valence-corrected chi connectivity index (χ0v) is 7.56. The van der Waals surface area contributed by atoms with Gasteiger partial charge in [0, 0.05) is 12.5 Å². The van der Waals surface area contributed by atoms with Gasteiger partial charge in [0.15, 0.2) is 6.30 Å². The molecule has 1 saturated heterocycles. The lowest BCUT2D eigenvalue weighted by Gasteiger charge is -2.31. The van der Waals surface area contributed by atoms with Gasteiger partial charge in [0.2, 0.25) is 0 Å². The molecule has 0 aromatic carbocycles. The summed E-state index contributed by atoms with van der Waals surface area (Å²) in [5, 5.41) is 2.47. The fraction of sp³-hybridized carbons (Fsp3) is 1.00. The normalized spacial score (nSPS) is 37.2. The molecule has 0 radical (unpaired) electrons. The number of nitrogens with one attached hydrogen (secondary N) is 1. The van der Waals surface area contributed by atoms with Crippen LogP contribution in [0.3, 0.4) is 0 Å². The lowest BCUT2D eigenvalue weighted by atomic mass is 9.95. The van der Waals surface area contributed by atoms with Gasteiger partial charge in [-0.15, -0.1) is 0 Å². The first kappa shape index (κ1) is 9.86. The Balaban J connectivity index is 2.41. The topological polar surface area (TPSA) is 15.3 Å². The molecule has 72 valence electrons. The summed E-state index contributed by atoms with van der Waals surface area (Å²) in [4.78, 5) is 1.90. The van der Waals surface area contributed by atoms with Crippen LogP contribution in [0.1, 0.15) is 6.42 Å². The minimum absolute atomic E-state index is 0.156. The molecule has 1 fully saturated rings. The minimum atomic E-state index is -1.47. The highest BCUT2D eigenvalue weighted by molar-refractivity contribution is 4.82. The molecule has 0 aromatic rings. The van der Waals surface area contributed by atoms with E-state index in [2.05, 4.69) is 5.32 Å². The summed E-state index contributed by atoms with van der Waals surface area (Å²) in [6.45, 7) is 1.21. The molecule has 1 aliphatic rings. The van der Waals surface area contributed by atoms with Crippen LogP contribution in [-0.4, -0.2) is 44.6 Å². The Morgan fingerprint density at radius 3 is 2.67 bits per heavy atom. The van der Waals surface area contributed by atoms with Crippen molar-refractivity contribution < 1.29 is 8.78 Å². The first-order valence-electron chi connectivity index (χ1n) is 4.27. The maximum absolute atomic E-state index is 13.1. The zero-order valence-electron chi connectivity index (χ0n) is 7.56. The zero-order chi connectivity index (χ0) is 9.14. The first-order valence-corrected chi connectivity index (χ1v) is 4.27. The van der Waals surface area contributed by atoms with Crippen molar-refractivity contribution in [2.45, 2.75) is 18.9 Å². The van der Waals surface area contributed by atoms with E-state index in [0.717, 1.165) is 6.42 Å². The van der Waals surface area contributed by atoms with Gasteiger partial charge in [0.1, 0.15) is 6.17 Å². The molecule has 3 atom stereocenters. The van der Waals surface area contributed by atoms with Crippen LogP contribution in [0, 0.1) is 5.92 Å². The van der Waals surface area contributed by atoms with Crippen LogP contribution in [0.5, 0.6) is 0 Å². The van der Waals surface area contributed by atoms with Crippen LogP contribution in [-0.2, 0) is 0 Å². The molecule has 1 N–H and O–H groups in total. The van der Waals surface area contributed by atoms with E-state index in [9.17, 15) is 8.78 Å². The molecule has 2 nitrogen and oxygen atoms in total. The van der Waals surface area contributed by atoms with E-state index >= 15 is 0 Å². The van der Waals surface area contributed by atoms with Crippen LogP contribution in [0.4, 0.5) is 8.78 Å². The van der Waals surface area contributed by atoms with Crippen molar-refractivity contribution in [3.05, 3.63) is 0 Å². The van der Waals surface area contributed by atoms with Gasteiger partial charge in [-0.05, 0) is 27.1 Å². The van der Waals surface area contributed by atoms with E-state index in [1.54, 1.807) is 0 Å². The van der Waals surface area contributed by atoms with Crippen molar-refractivity contribution in [1.82, 2.24) is 10.2 Å². The Labute approximate surface area is 71.9 Å². The molecular weight excluding hydrogens is 162 g/mol. The Morgan fingerprint density at radius 1 is 1.42 bits per heavy atom. The third kappa shape index (κ3) is 2.38. The van der Waals surface area contributed by atoms with E-state index in [4.69, 9.17) is 0 Å². The SMILES string of the molecule is CN(C)CC1CCNC(F)C1F. The fourth-order valence-electron chi connectivity index (χ4n) is 1.58. The number of nitrogens with zero attached hydrogens (tertiary/aromatic N) is 1. The van der Waals surface area contributed by atoms with Crippen LogP contribution < -0.4 is 5.32 Å². The van der Waals surface area contributed by atoms with Crippen LogP contribution in [0.2, 0.25) is 0 Å². The van der Waals surface area contributed by atoms with Crippen molar-refractivity contribution in [3.63, 3.8) is 0 Å². The fourth-order valence-corrected chi connectivity index (χ4v) is 1.58. The summed E-state index contributed by atoms with van der Waals surface area (Å²) in [6.07, 6.45) is -2.09. The van der Waals surface area contributed by atoms with Gasteiger partial charge in [-0.1, -0.05) is 0 Å². The quantitative estimate of drug-likeness (QED) is 0.629. The molecule has 0 spiro atoms. The van der Waals surface area contributed by atoms with Crippen molar-refractivity contribution in [3.8, 4) is 0 Å². The predicted octanol–water partition coefficient (Wildman–Crippen LogP) is 0.791. The summed E-state index contributed by atoms with van der Waals surface area (Å²) in [5.74, 6) is -0.156. The Morgan fingerprint density at radius 2 is 2.08 bits per heavy atom. The largest absolute Gasteiger partial charge is 0.309 e. The predicted molar refractivity (Wildman–Crippen MR) is 44.5 cm³/mol.